The monoisotopic (exact) mass is 991 g/mol. The van der Waals surface area contributed by atoms with Gasteiger partial charge >= 0.3 is 5.97 Å². The van der Waals surface area contributed by atoms with Gasteiger partial charge in [0.2, 0.25) is 59.1 Å². The topological polar surface area (TPSA) is 493 Å². The van der Waals surface area contributed by atoms with Crippen molar-refractivity contribution in [1.82, 2.24) is 42.5 Å². The van der Waals surface area contributed by atoms with Gasteiger partial charge in [0.1, 0.15) is 42.3 Å². The first-order chi connectivity index (χ1) is 31.5. The molecule has 0 unspecified atom stereocenters. The molecule has 0 saturated carbocycles. The summed E-state index contributed by atoms with van der Waals surface area (Å²) in [5, 5.41) is 38.9. The summed E-state index contributed by atoms with van der Waals surface area (Å²) in [5.41, 5.74) is 33.1. The lowest BCUT2D eigenvalue weighted by Gasteiger charge is -2.28. The van der Waals surface area contributed by atoms with Crippen molar-refractivity contribution in [3.05, 3.63) is 0 Å². The highest BCUT2D eigenvalue weighted by Crippen LogP contribution is 2.23. The van der Waals surface area contributed by atoms with Crippen LogP contribution in [0.5, 0.6) is 0 Å². The molecule has 30 heteroatoms. The molecule has 22 N–H and O–H groups in total. The number of aliphatic carboxylic acids is 1. The van der Waals surface area contributed by atoms with Crippen LogP contribution in [0.3, 0.4) is 0 Å². The SMILES string of the molecule is CC(C)[C@@H]1NC(=O)[C@H](CCCCN)NC(=O)[C@H](CO)NC(=O)[C@H](CCCN=C(N)N)NC(=O)[C@@H](N)CSSC[C@@H](C(=O)O)NC(=O)[C@H](CCC(N)=O)NC(=O)CNC(=O)[C@H](CC(N)=O)NC1=O. The maximum atomic E-state index is 13.8. The Labute approximate surface area is 393 Å². The van der Waals surface area contributed by atoms with Gasteiger partial charge in [-0.2, -0.15) is 0 Å². The number of rotatable bonds is 16. The van der Waals surface area contributed by atoms with E-state index in [2.05, 4.69) is 47.5 Å². The van der Waals surface area contributed by atoms with Gasteiger partial charge in [-0.1, -0.05) is 35.4 Å². The first-order valence-electron chi connectivity index (χ1n) is 21.1. The molecule has 1 aliphatic heterocycles. The number of carboxylic acid groups (broad SMARTS) is 1. The quantitative estimate of drug-likeness (QED) is 0.0296. The third kappa shape index (κ3) is 23.4. The molecule has 0 spiro atoms. The number of aliphatic hydroxyl groups is 1. The number of aliphatic imine (C=N–C) groups is 1. The van der Waals surface area contributed by atoms with Gasteiger partial charge in [0.25, 0.3) is 0 Å². The van der Waals surface area contributed by atoms with Crippen molar-refractivity contribution in [1.29, 1.82) is 0 Å². The standard InChI is InChI=1S/C37H65N15O13S2/c1-17(2)28-35(63)49-22(12-26(41)55)30(58)45-13-27(56)46-21(8-9-25(40)54)32(60)51-24(36(64)65)16-67-66-15-18(39)29(57)47-20(7-5-11-44-37(42)43)31(59)50-23(14-53)34(62)48-19(33(61)52-28)6-3-4-10-38/h17-24,28,53H,3-16,38-39H2,1-2H3,(H2,40,54)(H2,41,55)(H,45,58)(H,46,56)(H,47,57)(H,48,62)(H,49,63)(H,50,59)(H,51,60)(H,52,61)(H,64,65)(H4,42,43,44)/t18-,19-,20-,21-,22-,23-,24-,28-/m0/s1. The largest absolute Gasteiger partial charge is 0.480 e. The van der Waals surface area contributed by atoms with E-state index in [-0.39, 0.29) is 56.2 Å². The molecule has 1 rings (SSSR count). The summed E-state index contributed by atoms with van der Waals surface area (Å²) in [6.45, 7) is 1.45. The Morgan fingerprint density at radius 2 is 1.19 bits per heavy atom. The minimum atomic E-state index is -1.71. The number of guanidine groups is 1. The summed E-state index contributed by atoms with van der Waals surface area (Å²) in [6.07, 6.45) is -0.939. The first kappa shape index (κ1) is 59.0. The maximum Gasteiger partial charge on any atom is 0.327 e. The summed E-state index contributed by atoms with van der Waals surface area (Å²) >= 11 is 0. The Bertz CT molecular complexity index is 1790. The molecular weight excluding hydrogens is 927 g/mol. The second-order valence-corrected chi connectivity index (χ2v) is 18.0. The molecule has 0 aromatic heterocycles. The molecular formula is C37H65N15O13S2. The van der Waals surface area contributed by atoms with Gasteiger partial charge in [-0.25, -0.2) is 4.79 Å². The third-order valence-corrected chi connectivity index (χ3v) is 12.0. The second-order valence-electron chi connectivity index (χ2n) is 15.5. The fourth-order valence-corrected chi connectivity index (χ4v) is 8.14. The zero-order chi connectivity index (χ0) is 50.8. The van der Waals surface area contributed by atoms with Crippen molar-refractivity contribution >= 4 is 92.6 Å². The van der Waals surface area contributed by atoms with E-state index in [1.54, 1.807) is 0 Å². The molecule has 0 aromatic carbocycles. The fourth-order valence-electron chi connectivity index (χ4n) is 5.86. The summed E-state index contributed by atoms with van der Waals surface area (Å²) < 4.78 is 0. The van der Waals surface area contributed by atoms with Crippen LogP contribution in [0, 0.1) is 5.92 Å². The van der Waals surface area contributed by atoms with Crippen molar-refractivity contribution in [2.24, 2.45) is 45.3 Å². The number of carboxylic acids is 1. The average Bonchev–Trinajstić information content (AvgIpc) is 3.25. The molecule has 28 nitrogen and oxygen atoms in total. The second kappa shape index (κ2) is 31.1. The van der Waals surface area contributed by atoms with Crippen molar-refractivity contribution < 1.29 is 63.0 Å². The van der Waals surface area contributed by atoms with E-state index < -0.39 is 152 Å². The molecule has 378 valence electrons. The van der Waals surface area contributed by atoms with E-state index in [1.807, 2.05) is 0 Å². The molecule has 1 heterocycles. The van der Waals surface area contributed by atoms with E-state index in [9.17, 15) is 63.0 Å². The smallest absolute Gasteiger partial charge is 0.327 e. The maximum absolute atomic E-state index is 13.8. The number of carbonyl (C=O) groups is 11. The summed E-state index contributed by atoms with van der Waals surface area (Å²) in [5.74, 6) is -12.7. The molecule has 8 atom stereocenters. The number of nitrogens with one attached hydrogen (secondary N) is 8. The van der Waals surface area contributed by atoms with Crippen molar-refractivity contribution in [2.75, 3.05) is 37.7 Å². The number of primary amides is 2. The number of hydrogen-bond donors (Lipinski definition) is 16. The average molecular weight is 992 g/mol. The van der Waals surface area contributed by atoms with Crippen LogP contribution in [-0.4, -0.2) is 167 Å². The molecule has 1 saturated heterocycles. The van der Waals surface area contributed by atoms with Gasteiger partial charge in [0, 0.05) is 24.5 Å². The lowest BCUT2D eigenvalue weighted by Crippen LogP contribution is -2.61. The molecule has 0 radical (unpaired) electrons. The van der Waals surface area contributed by atoms with Crippen LogP contribution in [0.2, 0.25) is 0 Å². The first-order valence-corrected chi connectivity index (χ1v) is 23.5. The van der Waals surface area contributed by atoms with Gasteiger partial charge in [0.05, 0.1) is 25.6 Å². The van der Waals surface area contributed by atoms with Crippen LogP contribution in [0.25, 0.3) is 0 Å². The number of nitrogens with zero attached hydrogens (tertiary/aromatic N) is 1. The van der Waals surface area contributed by atoms with Gasteiger partial charge in [-0.15, -0.1) is 0 Å². The van der Waals surface area contributed by atoms with Crippen molar-refractivity contribution in [3.63, 3.8) is 0 Å². The Hall–Kier alpha value is -5.98. The lowest BCUT2D eigenvalue weighted by molar-refractivity contribution is -0.141. The highest BCUT2D eigenvalue weighted by Gasteiger charge is 2.35. The Kier molecular flexibility index (Phi) is 27.4. The predicted molar refractivity (Wildman–Crippen MR) is 244 cm³/mol. The molecule has 0 aliphatic carbocycles. The van der Waals surface area contributed by atoms with E-state index in [4.69, 9.17) is 34.4 Å². The van der Waals surface area contributed by atoms with Gasteiger partial charge in [-0.3, -0.25) is 52.9 Å². The van der Waals surface area contributed by atoms with E-state index in [1.165, 1.54) is 13.8 Å². The summed E-state index contributed by atoms with van der Waals surface area (Å²) in [6, 6.07) is -12.0. The number of hydrogen-bond acceptors (Lipinski definition) is 17. The van der Waals surface area contributed by atoms with E-state index in [0.717, 1.165) is 21.6 Å². The minimum Gasteiger partial charge on any atom is -0.480 e. The van der Waals surface area contributed by atoms with Crippen molar-refractivity contribution in [2.45, 2.75) is 114 Å². The summed E-state index contributed by atoms with van der Waals surface area (Å²) in [4.78, 5) is 147. The number of unbranched alkanes of at least 4 members (excludes halogenated alkanes) is 1. The van der Waals surface area contributed by atoms with Crippen LogP contribution in [0.4, 0.5) is 0 Å². The number of aliphatic hydroxyl groups excluding tert-OH is 1. The number of amides is 10. The zero-order valence-electron chi connectivity index (χ0n) is 37.2. The van der Waals surface area contributed by atoms with E-state index in [0.29, 0.717) is 6.42 Å². The Morgan fingerprint density at radius 3 is 1.76 bits per heavy atom. The third-order valence-electron chi connectivity index (χ3n) is 9.53. The predicted octanol–water partition coefficient (Wildman–Crippen LogP) is -7.73. The number of nitrogens with two attached hydrogens (primary N) is 6. The molecule has 1 fully saturated rings. The van der Waals surface area contributed by atoms with Crippen molar-refractivity contribution in [3.8, 4) is 0 Å². The van der Waals surface area contributed by atoms with Crippen LogP contribution in [-0.2, 0) is 52.7 Å². The normalized spacial score (nSPS) is 25.2. The van der Waals surface area contributed by atoms with Gasteiger partial charge < -0.3 is 87.1 Å². The molecule has 67 heavy (non-hydrogen) atoms. The van der Waals surface area contributed by atoms with E-state index >= 15 is 0 Å². The zero-order valence-corrected chi connectivity index (χ0v) is 38.8. The molecule has 0 aromatic rings. The summed E-state index contributed by atoms with van der Waals surface area (Å²) in [7, 11) is 1.82. The van der Waals surface area contributed by atoms with Crippen LogP contribution >= 0.6 is 21.6 Å². The molecule has 10 amide bonds. The van der Waals surface area contributed by atoms with Crippen LogP contribution < -0.4 is 76.9 Å². The minimum absolute atomic E-state index is 0.0258. The fraction of sp³-hybridized carbons (Fsp3) is 0.676. The number of carbonyl (C=O) groups excluding carboxylic acids is 10. The Morgan fingerprint density at radius 1 is 0.657 bits per heavy atom. The highest BCUT2D eigenvalue weighted by atomic mass is 33.1. The van der Waals surface area contributed by atoms with Crippen LogP contribution in [0.1, 0.15) is 65.2 Å². The van der Waals surface area contributed by atoms with Gasteiger partial charge in [-0.05, 0) is 51.0 Å². The van der Waals surface area contributed by atoms with Crippen LogP contribution in [0.15, 0.2) is 4.99 Å². The highest BCUT2D eigenvalue weighted by molar-refractivity contribution is 8.76. The van der Waals surface area contributed by atoms with Gasteiger partial charge in [0.15, 0.2) is 5.96 Å². The lowest BCUT2D eigenvalue weighted by atomic mass is 10.0. The molecule has 1 aliphatic rings. The molecule has 0 bridgehead atoms. The Balaban J connectivity index is 3.70.